The standard InChI is InChI=1S/C25H18ClNO2S/c1-27-23-14-13-19(10-5-9-18-7-3-2-4-8-18)16-22(23)25(28)24(30(27)29)17-20-11-6-12-21(26)15-20/h2-4,6-8,11-17H,9H2,1H3/b24-17+. The van der Waals surface area contributed by atoms with Crippen LogP contribution >= 0.6 is 11.6 Å². The molecule has 1 unspecified atom stereocenters. The fraction of sp³-hybridized carbons (Fsp3) is 0.0800. The van der Waals surface area contributed by atoms with Gasteiger partial charge in [-0.3, -0.25) is 9.10 Å². The lowest BCUT2D eigenvalue weighted by Gasteiger charge is -2.27. The summed E-state index contributed by atoms with van der Waals surface area (Å²) in [7, 11) is 0.124. The van der Waals surface area contributed by atoms with Gasteiger partial charge in [-0.15, -0.1) is 0 Å². The summed E-state index contributed by atoms with van der Waals surface area (Å²) in [5.74, 6) is 6.02. The summed E-state index contributed by atoms with van der Waals surface area (Å²) in [4.78, 5) is 13.4. The highest BCUT2D eigenvalue weighted by Crippen LogP contribution is 2.33. The summed E-state index contributed by atoms with van der Waals surface area (Å²) in [5.41, 5.74) is 3.75. The van der Waals surface area contributed by atoms with E-state index in [0.29, 0.717) is 22.7 Å². The molecule has 0 aliphatic carbocycles. The Morgan fingerprint density at radius 1 is 1.03 bits per heavy atom. The van der Waals surface area contributed by atoms with Crippen molar-refractivity contribution in [1.82, 2.24) is 0 Å². The maximum atomic E-state index is 13.1. The topological polar surface area (TPSA) is 37.4 Å². The average Bonchev–Trinajstić information content (AvgIpc) is 2.76. The van der Waals surface area contributed by atoms with Crippen molar-refractivity contribution in [2.45, 2.75) is 6.42 Å². The molecule has 0 radical (unpaired) electrons. The van der Waals surface area contributed by atoms with E-state index in [0.717, 1.165) is 16.7 Å². The number of Topliss-reactive ketones (excluding diaryl/α,β-unsaturated/α-hetero) is 1. The van der Waals surface area contributed by atoms with E-state index in [9.17, 15) is 9.00 Å². The lowest BCUT2D eigenvalue weighted by Crippen LogP contribution is -2.31. The van der Waals surface area contributed by atoms with Crippen LogP contribution < -0.4 is 4.31 Å². The van der Waals surface area contributed by atoms with Gasteiger partial charge in [-0.05, 0) is 47.5 Å². The third kappa shape index (κ3) is 4.23. The zero-order valence-corrected chi connectivity index (χ0v) is 17.8. The summed E-state index contributed by atoms with van der Waals surface area (Å²) in [6, 6.07) is 22.5. The largest absolute Gasteiger partial charge is 0.290 e. The Morgan fingerprint density at radius 3 is 2.60 bits per heavy atom. The summed E-state index contributed by atoms with van der Waals surface area (Å²) < 4.78 is 14.5. The number of carbonyl (C=O) groups excluding carboxylic acids is 1. The Kier molecular flexibility index (Phi) is 5.85. The van der Waals surface area contributed by atoms with E-state index in [1.807, 2.05) is 42.5 Å². The second-order valence-electron chi connectivity index (χ2n) is 6.84. The number of hydrogen-bond acceptors (Lipinski definition) is 2. The van der Waals surface area contributed by atoms with E-state index in [-0.39, 0.29) is 10.7 Å². The van der Waals surface area contributed by atoms with Crippen LogP contribution in [0.4, 0.5) is 5.69 Å². The monoisotopic (exact) mass is 431 g/mol. The quantitative estimate of drug-likeness (QED) is 0.409. The second-order valence-corrected chi connectivity index (χ2v) is 8.76. The van der Waals surface area contributed by atoms with Crippen molar-refractivity contribution < 1.29 is 9.00 Å². The molecule has 0 fully saturated rings. The fourth-order valence-corrected chi connectivity index (χ4v) is 4.56. The van der Waals surface area contributed by atoms with Crippen molar-refractivity contribution in [3.8, 4) is 11.8 Å². The highest BCUT2D eigenvalue weighted by atomic mass is 35.5. The molecule has 3 nitrogen and oxygen atoms in total. The third-order valence-corrected chi connectivity index (χ3v) is 6.36. The number of rotatable bonds is 2. The number of anilines is 1. The van der Waals surface area contributed by atoms with E-state index in [1.165, 1.54) is 0 Å². The summed E-state index contributed by atoms with van der Waals surface area (Å²) in [6.45, 7) is 0. The third-order valence-electron chi connectivity index (χ3n) is 4.76. The van der Waals surface area contributed by atoms with Crippen molar-refractivity contribution in [3.05, 3.63) is 105 Å². The van der Waals surface area contributed by atoms with Crippen molar-refractivity contribution in [2.75, 3.05) is 11.4 Å². The summed E-state index contributed by atoms with van der Waals surface area (Å²) in [5, 5.41) is 0.558. The minimum atomic E-state index is -1.59. The van der Waals surface area contributed by atoms with Crippen LogP contribution in [0.5, 0.6) is 0 Å². The van der Waals surface area contributed by atoms with Gasteiger partial charge in [0, 0.05) is 29.6 Å². The predicted molar refractivity (Wildman–Crippen MR) is 124 cm³/mol. The molecule has 0 spiro atoms. The van der Waals surface area contributed by atoms with E-state index in [1.54, 1.807) is 47.8 Å². The molecule has 1 atom stereocenters. The number of allylic oxidation sites excluding steroid dienone is 1. The number of halogens is 1. The zero-order chi connectivity index (χ0) is 21.1. The minimum absolute atomic E-state index is 0.224. The molecule has 5 heteroatoms. The SMILES string of the molecule is CN1c2ccc(C#CCc3ccccc3)cc2C(=O)/C(=C\c2cccc(Cl)c2)S1=O. The molecule has 0 N–H and O–H groups in total. The smallest absolute Gasteiger partial charge is 0.205 e. The second kappa shape index (κ2) is 8.71. The molecule has 0 saturated heterocycles. The first-order valence-corrected chi connectivity index (χ1v) is 10.9. The molecule has 1 aliphatic rings. The van der Waals surface area contributed by atoms with Crippen molar-refractivity contribution in [2.24, 2.45) is 0 Å². The molecule has 30 heavy (non-hydrogen) atoms. The Balaban J connectivity index is 1.67. The number of carbonyl (C=O) groups is 1. The van der Waals surface area contributed by atoms with E-state index < -0.39 is 11.0 Å². The fourth-order valence-electron chi connectivity index (χ4n) is 3.23. The van der Waals surface area contributed by atoms with Crippen LogP contribution in [0, 0.1) is 11.8 Å². The van der Waals surface area contributed by atoms with Crippen LogP contribution in [-0.4, -0.2) is 17.0 Å². The van der Waals surface area contributed by atoms with Gasteiger partial charge < -0.3 is 0 Å². The Hall–Kier alpha value is -3.13. The van der Waals surface area contributed by atoms with Gasteiger partial charge in [0.2, 0.25) is 5.78 Å². The first kappa shape index (κ1) is 20.2. The predicted octanol–water partition coefficient (Wildman–Crippen LogP) is 5.27. The maximum Gasteiger partial charge on any atom is 0.205 e. The highest BCUT2D eigenvalue weighted by Gasteiger charge is 2.31. The molecule has 4 rings (SSSR count). The van der Waals surface area contributed by atoms with Gasteiger partial charge in [0.1, 0.15) is 4.91 Å². The van der Waals surface area contributed by atoms with Crippen LogP contribution in [0.15, 0.2) is 77.7 Å². The first-order valence-electron chi connectivity index (χ1n) is 9.37. The van der Waals surface area contributed by atoms with E-state index in [2.05, 4.69) is 11.8 Å². The zero-order valence-electron chi connectivity index (χ0n) is 16.3. The van der Waals surface area contributed by atoms with E-state index in [4.69, 9.17) is 11.6 Å². The van der Waals surface area contributed by atoms with Gasteiger partial charge in [-0.25, -0.2) is 4.21 Å². The van der Waals surface area contributed by atoms with Crippen LogP contribution in [0.2, 0.25) is 5.02 Å². The number of ketones is 1. The minimum Gasteiger partial charge on any atom is -0.290 e. The number of nitrogens with zero attached hydrogens (tertiary/aromatic N) is 1. The number of hydrogen-bond donors (Lipinski definition) is 0. The van der Waals surface area contributed by atoms with Crippen LogP contribution in [-0.2, 0) is 17.4 Å². The maximum absolute atomic E-state index is 13.1. The molecule has 0 bridgehead atoms. The van der Waals surface area contributed by atoms with Crippen LogP contribution in [0.1, 0.15) is 27.0 Å². The Labute approximate surface area is 183 Å². The molecule has 1 heterocycles. The molecule has 0 amide bonds. The van der Waals surface area contributed by atoms with Crippen molar-refractivity contribution >= 4 is 40.1 Å². The molecule has 148 valence electrons. The van der Waals surface area contributed by atoms with Gasteiger partial charge in [0.05, 0.1) is 5.69 Å². The van der Waals surface area contributed by atoms with Gasteiger partial charge >= 0.3 is 0 Å². The lowest BCUT2D eigenvalue weighted by molar-refractivity contribution is 0.104. The summed E-state index contributed by atoms with van der Waals surface area (Å²) >= 11 is 6.04. The van der Waals surface area contributed by atoms with Crippen molar-refractivity contribution in [1.29, 1.82) is 0 Å². The molecule has 3 aromatic rings. The Morgan fingerprint density at radius 2 is 1.83 bits per heavy atom. The number of benzene rings is 3. The molecule has 1 aliphatic heterocycles. The van der Waals surface area contributed by atoms with Gasteiger partial charge in [0.15, 0.2) is 11.0 Å². The van der Waals surface area contributed by atoms with Crippen molar-refractivity contribution in [3.63, 3.8) is 0 Å². The number of fused-ring (bicyclic) bond motifs is 1. The molecule has 0 aromatic heterocycles. The Bertz CT molecular complexity index is 1240. The van der Waals surface area contributed by atoms with Crippen LogP contribution in [0.25, 0.3) is 6.08 Å². The summed E-state index contributed by atoms with van der Waals surface area (Å²) in [6.07, 6.45) is 2.27. The molecular formula is C25H18ClNO2S. The molecular weight excluding hydrogens is 414 g/mol. The van der Waals surface area contributed by atoms with E-state index >= 15 is 0 Å². The molecule has 0 saturated carbocycles. The van der Waals surface area contributed by atoms with Gasteiger partial charge in [-0.1, -0.05) is 65.9 Å². The molecule has 3 aromatic carbocycles. The highest BCUT2D eigenvalue weighted by molar-refractivity contribution is 7.91. The van der Waals surface area contributed by atoms with Crippen LogP contribution in [0.3, 0.4) is 0 Å². The normalized spacial score (nSPS) is 16.7. The first-order chi connectivity index (χ1) is 14.5. The lowest BCUT2D eigenvalue weighted by atomic mass is 10.0. The van der Waals surface area contributed by atoms with Gasteiger partial charge in [0.25, 0.3) is 0 Å². The average molecular weight is 432 g/mol. The van der Waals surface area contributed by atoms with Gasteiger partial charge in [-0.2, -0.15) is 0 Å².